The molecule has 0 aliphatic rings. The second-order valence-electron chi connectivity index (χ2n) is 6.43. The molecule has 3 N–H and O–H groups in total. The van der Waals surface area contributed by atoms with Crippen LogP contribution in [0.15, 0.2) is 47.5 Å². The van der Waals surface area contributed by atoms with Crippen LogP contribution in [-0.4, -0.2) is 36.5 Å². The molecule has 0 bridgehead atoms. The van der Waals surface area contributed by atoms with Crippen molar-refractivity contribution in [3.05, 3.63) is 64.8 Å². The number of nitrogens with one attached hydrogen (secondary N) is 3. The normalized spacial score (nSPS) is 11.3. The molecule has 30 heavy (non-hydrogen) atoms. The van der Waals surface area contributed by atoms with Crippen molar-refractivity contribution in [3.8, 4) is 0 Å². The van der Waals surface area contributed by atoms with Gasteiger partial charge in [0.2, 0.25) is 10.0 Å². The van der Waals surface area contributed by atoms with Crippen molar-refractivity contribution in [3.63, 3.8) is 0 Å². The van der Waals surface area contributed by atoms with E-state index < -0.39 is 15.8 Å². The van der Waals surface area contributed by atoms with E-state index in [0.29, 0.717) is 23.3 Å². The Morgan fingerprint density at radius 1 is 1.00 bits per heavy atom. The lowest BCUT2D eigenvalue weighted by Gasteiger charge is -2.11. The van der Waals surface area contributed by atoms with E-state index in [1.165, 1.54) is 0 Å². The number of hydrogen-bond acceptors (Lipinski definition) is 7. The van der Waals surface area contributed by atoms with E-state index in [9.17, 15) is 12.8 Å². The Hall–Kier alpha value is -2.82. The molecule has 2 heterocycles. The van der Waals surface area contributed by atoms with E-state index in [-0.39, 0.29) is 23.0 Å². The van der Waals surface area contributed by atoms with Gasteiger partial charge >= 0.3 is 0 Å². The van der Waals surface area contributed by atoms with Crippen LogP contribution in [0.25, 0.3) is 0 Å². The third kappa shape index (κ3) is 5.85. The first kappa shape index (κ1) is 21.9. The number of anilines is 3. The van der Waals surface area contributed by atoms with Gasteiger partial charge in [-0.3, -0.25) is 0 Å². The molecule has 2 aromatic heterocycles. The van der Waals surface area contributed by atoms with Crippen LogP contribution in [0.1, 0.15) is 11.4 Å². The highest BCUT2D eigenvalue weighted by Crippen LogP contribution is 2.19. The topological polar surface area (TPSA) is 109 Å². The summed E-state index contributed by atoms with van der Waals surface area (Å²) in [6, 6.07) is 8.72. The fourth-order valence-corrected chi connectivity index (χ4v) is 3.86. The van der Waals surface area contributed by atoms with Crippen molar-refractivity contribution in [2.24, 2.45) is 0 Å². The van der Waals surface area contributed by atoms with Crippen molar-refractivity contribution < 1.29 is 12.8 Å². The minimum absolute atomic E-state index is 0.0859. The second kappa shape index (κ2) is 9.33. The number of hydrogen-bond donors (Lipinski definition) is 3. The van der Waals surface area contributed by atoms with Crippen molar-refractivity contribution in [2.75, 3.05) is 23.7 Å². The Bertz CT molecular complexity index is 1160. The van der Waals surface area contributed by atoms with Crippen LogP contribution in [-0.2, 0) is 10.0 Å². The highest BCUT2D eigenvalue weighted by molar-refractivity contribution is 7.89. The number of benzene rings is 1. The lowest BCUT2D eigenvalue weighted by atomic mass is 10.3. The number of nitrogens with zero attached hydrogens (tertiary/aromatic N) is 3. The zero-order chi connectivity index (χ0) is 21.7. The minimum Gasteiger partial charge on any atom is -0.369 e. The third-order valence-corrected chi connectivity index (χ3v) is 5.68. The van der Waals surface area contributed by atoms with Crippen LogP contribution in [0.2, 0.25) is 5.02 Å². The number of aromatic nitrogens is 3. The van der Waals surface area contributed by atoms with Gasteiger partial charge in [-0.2, -0.15) is 0 Å². The van der Waals surface area contributed by atoms with Crippen LogP contribution >= 0.6 is 11.6 Å². The molecular weight excluding hydrogens is 431 g/mol. The molecule has 0 aliphatic heterocycles. The quantitative estimate of drug-likeness (QED) is 0.451. The van der Waals surface area contributed by atoms with Crippen molar-refractivity contribution >= 4 is 39.1 Å². The molecule has 3 aromatic rings. The van der Waals surface area contributed by atoms with Crippen LogP contribution in [0.3, 0.4) is 0 Å². The smallest absolute Gasteiger partial charge is 0.240 e. The molecule has 11 heteroatoms. The van der Waals surface area contributed by atoms with E-state index in [4.69, 9.17) is 11.6 Å². The molecule has 0 atom stereocenters. The van der Waals surface area contributed by atoms with Gasteiger partial charge in [0.25, 0.3) is 0 Å². The molecule has 158 valence electrons. The van der Waals surface area contributed by atoms with Crippen molar-refractivity contribution in [1.29, 1.82) is 0 Å². The molecule has 0 spiro atoms. The molecule has 8 nitrogen and oxygen atoms in total. The molecule has 3 rings (SSSR count). The molecule has 0 aliphatic carbocycles. The van der Waals surface area contributed by atoms with Gasteiger partial charge in [0, 0.05) is 25.4 Å². The standard InChI is InChI=1S/C19H20ClFN6O2S/c1-12-5-6-22-17(9-12)27-19-11-18(25-13(2)26-19)23-7-8-24-30(28,29)14-3-4-16(21)15(20)10-14/h3-6,9-11,24H,7-8H2,1-2H3,(H2,22,23,25,26,27). The lowest BCUT2D eigenvalue weighted by Crippen LogP contribution is -2.29. The average molecular weight is 451 g/mol. The molecular formula is C19H20ClFN6O2S. The third-order valence-electron chi connectivity index (χ3n) is 3.93. The molecule has 0 fully saturated rings. The summed E-state index contributed by atoms with van der Waals surface area (Å²) < 4.78 is 40.2. The first-order valence-corrected chi connectivity index (χ1v) is 10.8. The van der Waals surface area contributed by atoms with E-state index in [0.717, 1.165) is 23.8 Å². The zero-order valence-corrected chi connectivity index (χ0v) is 17.9. The van der Waals surface area contributed by atoms with E-state index >= 15 is 0 Å². The summed E-state index contributed by atoms with van der Waals surface area (Å²) in [4.78, 5) is 12.7. The van der Waals surface area contributed by atoms with Crippen molar-refractivity contribution in [2.45, 2.75) is 18.7 Å². The Labute approximate surface area is 179 Å². The zero-order valence-electron chi connectivity index (χ0n) is 16.3. The van der Waals surface area contributed by atoms with Gasteiger partial charge in [-0.05, 0) is 49.7 Å². The number of pyridine rings is 1. The van der Waals surface area contributed by atoms with Gasteiger partial charge in [-0.25, -0.2) is 32.5 Å². The van der Waals surface area contributed by atoms with E-state index in [2.05, 4.69) is 30.3 Å². The summed E-state index contributed by atoms with van der Waals surface area (Å²) in [7, 11) is -3.81. The highest BCUT2D eigenvalue weighted by atomic mass is 35.5. The fourth-order valence-electron chi connectivity index (χ4n) is 2.56. The van der Waals surface area contributed by atoms with Gasteiger partial charge in [0.05, 0.1) is 9.92 Å². The summed E-state index contributed by atoms with van der Waals surface area (Å²) in [5.41, 5.74) is 1.06. The van der Waals surface area contributed by atoms with E-state index in [1.807, 2.05) is 19.1 Å². The monoisotopic (exact) mass is 450 g/mol. The largest absolute Gasteiger partial charge is 0.369 e. The summed E-state index contributed by atoms with van der Waals surface area (Å²) in [5, 5.41) is 5.90. The van der Waals surface area contributed by atoms with Crippen LogP contribution in [0, 0.1) is 19.7 Å². The molecule has 0 saturated heterocycles. The predicted molar refractivity (Wildman–Crippen MR) is 114 cm³/mol. The molecule has 0 amide bonds. The summed E-state index contributed by atoms with van der Waals surface area (Å²) in [5.74, 6) is 1.61. The van der Waals surface area contributed by atoms with Gasteiger partial charge < -0.3 is 10.6 Å². The van der Waals surface area contributed by atoms with E-state index in [1.54, 1.807) is 19.2 Å². The Morgan fingerprint density at radius 3 is 2.50 bits per heavy atom. The SMILES string of the molecule is Cc1ccnc(Nc2cc(NCCNS(=O)(=O)c3ccc(F)c(Cl)c3)nc(C)n2)c1. The van der Waals surface area contributed by atoms with Crippen LogP contribution in [0.4, 0.5) is 21.8 Å². The number of halogens is 2. The Balaban J connectivity index is 1.59. The second-order valence-corrected chi connectivity index (χ2v) is 8.60. The van der Waals surface area contributed by atoms with Crippen LogP contribution < -0.4 is 15.4 Å². The summed E-state index contributed by atoms with van der Waals surface area (Å²) >= 11 is 5.65. The summed E-state index contributed by atoms with van der Waals surface area (Å²) in [6.07, 6.45) is 1.70. The predicted octanol–water partition coefficient (Wildman–Crippen LogP) is 3.41. The van der Waals surface area contributed by atoms with Gasteiger partial charge in [-0.15, -0.1) is 0 Å². The number of rotatable bonds is 8. The van der Waals surface area contributed by atoms with Gasteiger partial charge in [0.15, 0.2) is 0 Å². The Kier molecular flexibility index (Phi) is 6.80. The number of aryl methyl sites for hydroxylation is 2. The number of sulfonamides is 1. The average Bonchev–Trinajstić information content (AvgIpc) is 2.67. The Morgan fingerprint density at radius 2 is 1.77 bits per heavy atom. The maximum atomic E-state index is 13.2. The van der Waals surface area contributed by atoms with Gasteiger partial charge in [-0.1, -0.05) is 11.6 Å². The molecule has 1 aromatic carbocycles. The maximum absolute atomic E-state index is 13.2. The first-order chi connectivity index (χ1) is 14.2. The van der Waals surface area contributed by atoms with Gasteiger partial charge in [0.1, 0.15) is 29.1 Å². The maximum Gasteiger partial charge on any atom is 0.240 e. The molecule has 0 saturated carbocycles. The van der Waals surface area contributed by atoms with Crippen molar-refractivity contribution in [1.82, 2.24) is 19.7 Å². The van der Waals surface area contributed by atoms with Crippen LogP contribution in [0.5, 0.6) is 0 Å². The summed E-state index contributed by atoms with van der Waals surface area (Å²) in [6.45, 7) is 4.07. The molecule has 0 unspecified atom stereocenters. The molecule has 0 radical (unpaired) electrons. The fraction of sp³-hybridized carbons (Fsp3) is 0.211. The highest BCUT2D eigenvalue weighted by Gasteiger charge is 2.15. The minimum atomic E-state index is -3.81. The first-order valence-electron chi connectivity index (χ1n) is 8.97. The lowest BCUT2D eigenvalue weighted by molar-refractivity contribution is 0.582.